The van der Waals surface area contributed by atoms with Crippen LogP contribution in [0.1, 0.15) is 132 Å². The lowest BCUT2D eigenvalue weighted by molar-refractivity contribution is 0.0381. The molecule has 11 aliphatic rings. The maximum Gasteiger partial charge on any atom is 0.197 e. The van der Waals surface area contributed by atoms with Crippen LogP contribution >= 0.6 is 0 Å². The minimum Gasteiger partial charge on any atom is -0.354 e. The predicted molar refractivity (Wildman–Crippen MR) is 278 cm³/mol. The Hall–Kier alpha value is -4.76. The van der Waals surface area contributed by atoms with E-state index in [4.69, 9.17) is 0 Å². The first-order valence-corrected chi connectivity index (χ1v) is 26.9. The highest BCUT2D eigenvalue weighted by Gasteiger charge is 2.76. The summed E-state index contributed by atoms with van der Waals surface area (Å²) in [6, 6.07) is 37.6. The fourth-order valence-corrected chi connectivity index (χ4v) is 20.1. The molecule has 1 radical (unpaired) electrons. The third kappa shape index (κ3) is 4.47. The number of benzene rings is 6. The number of rotatable bonds is 4. The van der Waals surface area contributed by atoms with E-state index in [0.717, 1.165) is 47.3 Å². The van der Waals surface area contributed by atoms with Gasteiger partial charge in [-0.3, -0.25) is 0 Å². The minimum absolute atomic E-state index is 0.110. The zero-order valence-electron chi connectivity index (χ0n) is 40.6. The molecule has 7 aromatic rings. The van der Waals surface area contributed by atoms with Crippen molar-refractivity contribution in [3.63, 3.8) is 0 Å². The minimum atomic E-state index is 0.110. The average Bonchev–Trinajstić information content (AvgIpc) is 4.10. The van der Waals surface area contributed by atoms with Crippen molar-refractivity contribution in [3.05, 3.63) is 124 Å². The molecule has 11 atom stereocenters. The summed E-state index contributed by atoms with van der Waals surface area (Å²) >= 11 is 0. The molecule has 333 valence electrons. The van der Waals surface area contributed by atoms with Crippen molar-refractivity contribution in [2.24, 2.45) is 52.8 Å². The van der Waals surface area contributed by atoms with Gasteiger partial charge in [0.25, 0.3) is 0 Å². The van der Waals surface area contributed by atoms with E-state index in [1.165, 1.54) is 165 Å². The highest BCUT2D eigenvalue weighted by Crippen LogP contribution is 2.83. The number of hydrogen-bond acceptors (Lipinski definition) is 1. The van der Waals surface area contributed by atoms with E-state index in [9.17, 15) is 0 Å². The summed E-state index contributed by atoms with van der Waals surface area (Å²) in [5.41, 5.74) is 22.8. The third-order valence-corrected chi connectivity index (χ3v) is 23.0. The molecular formula is C64H64BN2. The van der Waals surface area contributed by atoms with Gasteiger partial charge >= 0.3 is 0 Å². The number of hydrogen-bond donors (Lipinski definition) is 1. The molecule has 0 amide bonds. The van der Waals surface area contributed by atoms with Crippen molar-refractivity contribution in [3.8, 4) is 11.1 Å². The Balaban J connectivity index is 0.909. The number of H-pyrrole nitrogens is 1. The summed E-state index contributed by atoms with van der Waals surface area (Å²) < 4.78 is 0. The van der Waals surface area contributed by atoms with Crippen molar-refractivity contribution in [2.45, 2.75) is 134 Å². The molecule has 18 rings (SSSR count). The molecule has 9 saturated carbocycles. The quantitative estimate of drug-likeness (QED) is 0.175. The number of anilines is 3. The van der Waals surface area contributed by atoms with Gasteiger partial charge in [-0.1, -0.05) is 81.7 Å². The van der Waals surface area contributed by atoms with Crippen LogP contribution in [0.2, 0.25) is 0 Å². The summed E-state index contributed by atoms with van der Waals surface area (Å²) in [6.45, 7) is 14.6. The number of nitrogens with zero attached hydrogens (tertiary/aromatic N) is 1. The maximum absolute atomic E-state index is 4.20. The van der Waals surface area contributed by atoms with Gasteiger partial charge in [0.15, 0.2) is 7.28 Å². The van der Waals surface area contributed by atoms with Crippen molar-refractivity contribution >= 4 is 67.8 Å². The van der Waals surface area contributed by atoms with Crippen LogP contribution in [-0.4, -0.2) is 12.3 Å². The summed E-state index contributed by atoms with van der Waals surface area (Å²) in [5.74, 6) is 7.82. The van der Waals surface area contributed by atoms with Crippen LogP contribution in [0.5, 0.6) is 0 Å². The molecule has 2 nitrogen and oxygen atoms in total. The van der Waals surface area contributed by atoms with Crippen LogP contribution in [0.25, 0.3) is 43.7 Å². The molecule has 9 fully saturated rings. The molecule has 1 aromatic heterocycles. The van der Waals surface area contributed by atoms with E-state index in [2.05, 4.69) is 150 Å². The molecule has 3 bridgehead atoms. The average molecular weight is 872 g/mol. The normalized spacial score (nSPS) is 36.4. The largest absolute Gasteiger partial charge is 0.354 e. The highest BCUT2D eigenvalue weighted by molar-refractivity contribution is 6.73. The van der Waals surface area contributed by atoms with Crippen molar-refractivity contribution in [1.82, 2.24) is 4.98 Å². The summed E-state index contributed by atoms with van der Waals surface area (Å²) in [7, 11) is 2.58. The maximum atomic E-state index is 4.20. The van der Waals surface area contributed by atoms with Crippen LogP contribution < -0.4 is 15.8 Å². The zero-order valence-corrected chi connectivity index (χ0v) is 40.6. The summed E-state index contributed by atoms with van der Waals surface area (Å²) in [6.07, 6.45) is 15.7. The van der Waals surface area contributed by atoms with Gasteiger partial charge in [-0.05, 0) is 257 Å². The van der Waals surface area contributed by atoms with E-state index in [1.807, 2.05) is 0 Å². The molecule has 1 spiro atoms. The zero-order chi connectivity index (χ0) is 44.5. The van der Waals surface area contributed by atoms with Crippen molar-refractivity contribution in [1.29, 1.82) is 0 Å². The Morgan fingerprint density at radius 1 is 0.627 bits per heavy atom. The molecular weight excluding hydrogens is 808 g/mol. The SMILES string of the molecule is Cc1cc(-c2cc(C34CC5CC6CC(C3)C4C65)cc3c2[nH]c2ccc(C45CC6CC7C[C@]6(C4)C7C5)cc23)c2c(c1)N(c1cc3c(cc1C)C(C)(C)CCC3(C)C)c1cc3ccccc3cc1[B]2. The Kier molecular flexibility index (Phi) is 6.72. The Bertz CT molecular complexity index is 3440. The molecule has 0 saturated heterocycles. The lowest BCUT2D eigenvalue weighted by Gasteiger charge is -2.51. The van der Waals surface area contributed by atoms with Crippen molar-refractivity contribution in [2.75, 3.05) is 4.90 Å². The van der Waals surface area contributed by atoms with Gasteiger partial charge in [-0.15, -0.1) is 0 Å². The fraction of sp³-hybridized carbons (Fsp3) is 0.469. The van der Waals surface area contributed by atoms with E-state index < -0.39 is 0 Å². The van der Waals surface area contributed by atoms with Crippen LogP contribution in [-0.2, 0) is 21.7 Å². The third-order valence-electron chi connectivity index (χ3n) is 23.0. The second-order valence-corrected chi connectivity index (χ2v) is 26.8. The van der Waals surface area contributed by atoms with E-state index in [0.29, 0.717) is 16.2 Å². The molecule has 10 aliphatic carbocycles. The second kappa shape index (κ2) is 11.8. The standard InChI is InChI=1S/C64H64BN2/c1-33-15-45(58-55(16-33)67(54-22-36-10-8-7-9-35(36)21-51(54)65-58)53-26-49-48(17-34(53)2)60(3,4)13-14-61(49,5)6)47-25-42(63-28-39-18-37-19-40(29-63)57(63)56(37)39)24-46-44-23-41(11-12-52(44)66-59(46)47)62-30-43-20-38-27-64(43,32-62)50(38)31-62/h7-12,15-17,21-26,37-40,43,50,56-57,66H,13-14,18-20,27-32H2,1-6H3/t37?,38?,39?,40?,43?,50?,56?,57?,62?,63?,64-/m1/s1. The first kappa shape index (κ1) is 38.1. The van der Waals surface area contributed by atoms with Crippen LogP contribution in [0.3, 0.4) is 0 Å². The van der Waals surface area contributed by atoms with Gasteiger partial charge in [-0.25, -0.2) is 0 Å². The van der Waals surface area contributed by atoms with Crippen LogP contribution in [0.4, 0.5) is 17.1 Å². The van der Waals surface area contributed by atoms with E-state index in [1.54, 1.807) is 11.1 Å². The van der Waals surface area contributed by atoms with Gasteiger partial charge in [0, 0.05) is 38.9 Å². The van der Waals surface area contributed by atoms with E-state index in [-0.39, 0.29) is 10.8 Å². The lowest BCUT2D eigenvalue weighted by atomic mass is 9.53. The highest BCUT2D eigenvalue weighted by atomic mass is 15.2. The number of aryl methyl sites for hydroxylation is 2. The first-order valence-electron chi connectivity index (χ1n) is 26.9. The summed E-state index contributed by atoms with van der Waals surface area (Å²) in [4.78, 5) is 6.89. The van der Waals surface area contributed by atoms with Crippen molar-refractivity contribution < 1.29 is 0 Å². The van der Waals surface area contributed by atoms with Gasteiger partial charge in [0.1, 0.15) is 0 Å². The monoisotopic (exact) mass is 872 g/mol. The fourth-order valence-electron chi connectivity index (χ4n) is 20.1. The first-order chi connectivity index (χ1) is 32.3. The molecule has 1 aliphatic heterocycles. The second-order valence-electron chi connectivity index (χ2n) is 26.8. The van der Waals surface area contributed by atoms with Crippen LogP contribution in [0.15, 0.2) is 91.0 Å². The number of aromatic nitrogens is 1. The van der Waals surface area contributed by atoms with Gasteiger partial charge in [0.2, 0.25) is 0 Å². The number of fused-ring (bicyclic) bond motifs is 8. The van der Waals surface area contributed by atoms with Gasteiger partial charge in [-0.2, -0.15) is 0 Å². The molecule has 2 heterocycles. The summed E-state index contributed by atoms with van der Waals surface area (Å²) in [5, 5.41) is 5.57. The Morgan fingerprint density at radius 3 is 2.22 bits per heavy atom. The topological polar surface area (TPSA) is 19.0 Å². The van der Waals surface area contributed by atoms with Gasteiger partial charge < -0.3 is 9.88 Å². The molecule has 1 N–H and O–H groups in total. The van der Waals surface area contributed by atoms with E-state index >= 15 is 0 Å². The number of nitrogens with one attached hydrogen (secondary N) is 1. The smallest absolute Gasteiger partial charge is 0.197 e. The number of aromatic amines is 1. The Morgan fingerprint density at radius 2 is 1.40 bits per heavy atom. The predicted octanol–water partition coefficient (Wildman–Crippen LogP) is 14.6. The molecule has 10 unspecified atom stereocenters. The molecule has 3 heteroatoms. The van der Waals surface area contributed by atoms with Gasteiger partial charge in [0.05, 0.1) is 5.52 Å². The Labute approximate surface area is 397 Å². The molecule has 67 heavy (non-hydrogen) atoms. The molecule has 6 aromatic carbocycles. The lowest BCUT2D eigenvalue weighted by Crippen LogP contribution is -2.47. The van der Waals surface area contributed by atoms with Crippen LogP contribution in [0, 0.1) is 66.6 Å².